The summed E-state index contributed by atoms with van der Waals surface area (Å²) in [6.07, 6.45) is 0.701. The standard InChI is InChI=1S/C14H22N4O3/c1-10(13(19)17-14(16)20)18(9-5-8-15)11-6-3-4-7-12(11)21-2/h3-4,6-7,10H,5,8-9,15H2,1-2H3,(H3,16,17,19,20). The number of carbonyl (C=O) groups excluding carboxylic acids is 2. The quantitative estimate of drug-likeness (QED) is 0.675. The first-order valence-electron chi connectivity index (χ1n) is 6.71. The molecule has 0 aliphatic heterocycles. The van der Waals surface area contributed by atoms with Crippen LogP contribution in [-0.2, 0) is 4.79 Å². The number of rotatable bonds is 7. The molecule has 0 heterocycles. The predicted octanol–water partition coefficient (Wildman–Crippen LogP) is 0.434. The summed E-state index contributed by atoms with van der Waals surface area (Å²) in [6.45, 7) is 2.75. The number of anilines is 1. The second-order valence-electron chi connectivity index (χ2n) is 4.54. The molecule has 0 spiro atoms. The monoisotopic (exact) mass is 294 g/mol. The maximum atomic E-state index is 12.0. The first-order chi connectivity index (χ1) is 10.0. The van der Waals surface area contributed by atoms with Crippen LogP contribution in [0.3, 0.4) is 0 Å². The minimum absolute atomic E-state index is 0.467. The molecule has 21 heavy (non-hydrogen) atoms. The number of hydrogen-bond acceptors (Lipinski definition) is 5. The number of nitrogens with zero attached hydrogens (tertiary/aromatic N) is 1. The molecule has 0 fully saturated rings. The molecule has 1 rings (SSSR count). The van der Waals surface area contributed by atoms with Gasteiger partial charge < -0.3 is 21.1 Å². The van der Waals surface area contributed by atoms with E-state index in [1.54, 1.807) is 14.0 Å². The van der Waals surface area contributed by atoms with Crippen LogP contribution < -0.4 is 26.4 Å². The van der Waals surface area contributed by atoms with E-state index in [2.05, 4.69) is 5.32 Å². The van der Waals surface area contributed by atoms with Gasteiger partial charge in [0, 0.05) is 6.54 Å². The molecule has 0 aliphatic rings. The minimum Gasteiger partial charge on any atom is -0.495 e. The molecule has 0 aromatic heterocycles. The Balaban J connectivity index is 3.04. The molecule has 116 valence electrons. The summed E-state index contributed by atoms with van der Waals surface area (Å²) >= 11 is 0. The zero-order valence-electron chi connectivity index (χ0n) is 12.3. The Hall–Kier alpha value is -2.28. The van der Waals surface area contributed by atoms with Gasteiger partial charge in [-0.25, -0.2) is 4.79 Å². The van der Waals surface area contributed by atoms with Gasteiger partial charge in [-0.2, -0.15) is 0 Å². The number of amides is 3. The molecular formula is C14H22N4O3. The molecular weight excluding hydrogens is 272 g/mol. The Labute approximate surface area is 124 Å². The maximum Gasteiger partial charge on any atom is 0.318 e. The molecule has 1 aromatic carbocycles. The van der Waals surface area contributed by atoms with Crippen LogP contribution in [0.1, 0.15) is 13.3 Å². The van der Waals surface area contributed by atoms with Crippen molar-refractivity contribution in [2.75, 3.05) is 25.1 Å². The van der Waals surface area contributed by atoms with Crippen molar-refractivity contribution in [2.24, 2.45) is 11.5 Å². The SMILES string of the molecule is COc1ccccc1N(CCCN)C(C)C(=O)NC(N)=O. The van der Waals surface area contributed by atoms with Crippen LogP contribution in [0.25, 0.3) is 0 Å². The molecule has 1 unspecified atom stereocenters. The van der Waals surface area contributed by atoms with Gasteiger partial charge in [0.05, 0.1) is 12.8 Å². The van der Waals surface area contributed by atoms with Crippen LogP contribution in [0.2, 0.25) is 0 Å². The van der Waals surface area contributed by atoms with Crippen LogP contribution in [0, 0.1) is 0 Å². The van der Waals surface area contributed by atoms with Gasteiger partial charge in [0.1, 0.15) is 11.8 Å². The van der Waals surface area contributed by atoms with Gasteiger partial charge in [0.25, 0.3) is 0 Å². The fourth-order valence-corrected chi connectivity index (χ4v) is 2.02. The molecule has 5 N–H and O–H groups in total. The number of benzene rings is 1. The molecule has 1 atom stereocenters. The van der Waals surface area contributed by atoms with Crippen molar-refractivity contribution in [2.45, 2.75) is 19.4 Å². The van der Waals surface area contributed by atoms with E-state index in [-0.39, 0.29) is 0 Å². The molecule has 0 bridgehead atoms. The summed E-state index contributed by atoms with van der Waals surface area (Å²) < 4.78 is 5.32. The number of para-hydroxylation sites is 2. The van der Waals surface area contributed by atoms with Crippen molar-refractivity contribution in [3.8, 4) is 5.75 Å². The van der Waals surface area contributed by atoms with Crippen molar-refractivity contribution in [1.29, 1.82) is 0 Å². The average molecular weight is 294 g/mol. The minimum atomic E-state index is -0.870. The van der Waals surface area contributed by atoms with Crippen molar-refractivity contribution in [3.05, 3.63) is 24.3 Å². The van der Waals surface area contributed by atoms with Gasteiger partial charge in [-0.3, -0.25) is 10.1 Å². The number of nitrogens with one attached hydrogen (secondary N) is 1. The molecule has 0 saturated heterocycles. The highest BCUT2D eigenvalue weighted by Crippen LogP contribution is 2.29. The summed E-state index contributed by atoms with van der Waals surface area (Å²) in [5.74, 6) is 0.179. The van der Waals surface area contributed by atoms with Crippen molar-refractivity contribution in [3.63, 3.8) is 0 Å². The number of hydrogen-bond donors (Lipinski definition) is 3. The maximum absolute atomic E-state index is 12.0. The van der Waals surface area contributed by atoms with Gasteiger partial charge in [-0.05, 0) is 32.0 Å². The predicted molar refractivity (Wildman–Crippen MR) is 81.2 cm³/mol. The second-order valence-corrected chi connectivity index (χ2v) is 4.54. The Morgan fingerprint density at radius 1 is 1.38 bits per heavy atom. The molecule has 1 aromatic rings. The Morgan fingerprint density at radius 3 is 2.62 bits per heavy atom. The van der Waals surface area contributed by atoms with Gasteiger partial charge >= 0.3 is 6.03 Å². The number of ether oxygens (including phenoxy) is 1. The number of nitrogens with two attached hydrogens (primary N) is 2. The van der Waals surface area contributed by atoms with Crippen LogP contribution >= 0.6 is 0 Å². The van der Waals surface area contributed by atoms with E-state index in [4.69, 9.17) is 16.2 Å². The highest BCUT2D eigenvalue weighted by molar-refractivity contribution is 5.97. The van der Waals surface area contributed by atoms with Crippen LogP contribution in [0.15, 0.2) is 24.3 Å². The summed E-state index contributed by atoms with van der Waals surface area (Å²) in [5.41, 5.74) is 11.3. The van der Waals surface area contributed by atoms with Crippen LogP contribution in [0.5, 0.6) is 5.75 Å². The van der Waals surface area contributed by atoms with Gasteiger partial charge in [0.2, 0.25) is 5.91 Å². The van der Waals surface area contributed by atoms with Crippen molar-refractivity contribution in [1.82, 2.24) is 5.32 Å². The third-order valence-corrected chi connectivity index (χ3v) is 3.09. The fourth-order valence-electron chi connectivity index (χ4n) is 2.02. The van der Waals surface area contributed by atoms with E-state index in [0.29, 0.717) is 25.3 Å². The van der Waals surface area contributed by atoms with E-state index in [1.165, 1.54) is 0 Å². The largest absolute Gasteiger partial charge is 0.495 e. The molecule has 0 radical (unpaired) electrons. The molecule has 3 amide bonds. The second kappa shape index (κ2) is 8.11. The molecule has 7 heteroatoms. The normalized spacial score (nSPS) is 11.6. The lowest BCUT2D eigenvalue weighted by Gasteiger charge is -2.31. The third-order valence-electron chi connectivity index (χ3n) is 3.09. The Kier molecular flexibility index (Phi) is 6.48. The first-order valence-corrected chi connectivity index (χ1v) is 6.71. The van der Waals surface area contributed by atoms with E-state index in [1.807, 2.05) is 29.2 Å². The number of primary amides is 1. The van der Waals surface area contributed by atoms with Crippen molar-refractivity contribution < 1.29 is 14.3 Å². The zero-order chi connectivity index (χ0) is 15.8. The van der Waals surface area contributed by atoms with Crippen LogP contribution in [0.4, 0.5) is 10.5 Å². The highest BCUT2D eigenvalue weighted by atomic mass is 16.5. The number of carbonyl (C=O) groups is 2. The molecule has 7 nitrogen and oxygen atoms in total. The van der Waals surface area contributed by atoms with E-state index in [9.17, 15) is 9.59 Å². The lowest BCUT2D eigenvalue weighted by atomic mass is 10.1. The summed E-state index contributed by atoms with van der Waals surface area (Å²) in [4.78, 5) is 24.7. The highest BCUT2D eigenvalue weighted by Gasteiger charge is 2.24. The zero-order valence-corrected chi connectivity index (χ0v) is 12.3. The average Bonchev–Trinajstić information content (AvgIpc) is 2.47. The summed E-state index contributed by atoms with van der Waals surface area (Å²) in [6, 6.07) is 5.90. The van der Waals surface area contributed by atoms with Crippen molar-refractivity contribution >= 4 is 17.6 Å². The van der Waals surface area contributed by atoms with E-state index < -0.39 is 18.0 Å². The van der Waals surface area contributed by atoms with Gasteiger partial charge in [-0.15, -0.1) is 0 Å². The number of methoxy groups -OCH3 is 1. The lowest BCUT2D eigenvalue weighted by molar-refractivity contribution is -0.120. The molecule has 0 saturated carbocycles. The third kappa shape index (κ3) is 4.64. The topological polar surface area (TPSA) is 111 Å². The van der Waals surface area contributed by atoms with E-state index >= 15 is 0 Å². The number of imide groups is 1. The van der Waals surface area contributed by atoms with Gasteiger partial charge in [-0.1, -0.05) is 12.1 Å². The molecule has 0 aliphatic carbocycles. The Morgan fingerprint density at radius 2 is 2.05 bits per heavy atom. The summed E-state index contributed by atoms with van der Waals surface area (Å²) in [5, 5.41) is 2.09. The first kappa shape index (κ1) is 16.8. The van der Waals surface area contributed by atoms with Gasteiger partial charge in [0.15, 0.2) is 0 Å². The number of urea groups is 1. The summed E-state index contributed by atoms with van der Waals surface area (Å²) in [7, 11) is 1.56. The lowest BCUT2D eigenvalue weighted by Crippen LogP contribution is -2.49. The van der Waals surface area contributed by atoms with Crippen LogP contribution in [-0.4, -0.2) is 38.2 Å². The Bertz CT molecular complexity index is 493. The fraction of sp³-hybridized carbons (Fsp3) is 0.429. The smallest absolute Gasteiger partial charge is 0.318 e. The van der Waals surface area contributed by atoms with E-state index in [0.717, 1.165) is 5.69 Å².